The molecule has 1 saturated heterocycles. The highest BCUT2D eigenvalue weighted by Crippen LogP contribution is 2.17. The molecule has 8 nitrogen and oxygen atoms in total. The molecule has 2 N–H and O–H groups in total. The highest BCUT2D eigenvalue weighted by molar-refractivity contribution is 6.30. The minimum Gasteiger partial charge on any atom is -0.444 e. The van der Waals surface area contributed by atoms with E-state index in [4.69, 9.17) is 21.7 Å². The monoisotopic (exact) mass is 332 g/mol. The number of nitrogens with one attached hydrogen (secondary N) is 2. The summed E-state index contributed by atoms with van der Waals surface area (Å²) in [6.45, 7) is 6.38. The first-order chi connectivity index (χ1) is 10.1. The molecule has 0 aliphatic carbocycles. The smallest absolute Gasteiger partial charge is 0.410 e. The second-order valence-corrected chi connectivity index (χ2v) is 6.36. The van der Waals surface area contributed by atoms with Crippen LogP contribution in [0, 0.1) is 15.5 Å². The van der Waals surface area contributed by atoms with Gasteiger partial charge in [0.15, 0.2) is 5.16 Å². The van der Waals surface area contributed by atoms with Gasteiger partial charge in [-0.1, -0.05) is 11.6 Å². The molecule has 22 heavy (non-hydrogen) atoms. The highest BCUT2D eigenvalue weighted by Gasteiger charge is 2.27. The van der Waals surface area contributed by atoms with Gasteiger partial charge in [0.25, 0.3) is 0 Å². The van der Waals surface area contributed by atoms with Crippen LogP contribution in [0.2, 0.25) is 0 Å². The van der Waals surface area contributed by atoms with Crippen LogP contribution in [0.1, 0.15) is 33.6 Å². The summed E-state index contributed by atoms with van der Waals surface area (Å²) in [7, 11) is 0. The molecule has 0 bridgehead atoms. The van der Waals surface area contributed by atoms with E-state index in [9.17, 15) is 14.9 Å². The number of hydrogen-bond donors (Lipinski definition) is 2. The molecule has 0 aromatic heterocycles. The van der Waals surface area contributed by atoms with E-state index in [2.05, 4.69) is 5.32 Å². The molecule has 0 aromatic carbocycles. The van der Waals surface area contributed by atoms with E-state index in [1.807, 2.05) is 0 Å². The molecule has 124 valence electrons. The Labute approximate surface area is 134 Å². The first-order valence-electron chi connectivity index (χ1n) is 6.93. The van der Waals surface area contributed by atoms with E-state index in [-0.39, 0.29) is 17.3 Å². The number of halogens is 1. The molecule has 0 radical (unpaired) electrons. The maximum atomic E-state index is 11.9. The van der Waals surface area contributed by atoms with Crippen molar-refractivity contribution in [3.63, 3.8) is 0 Å². The Morgan fingerprint density at radius 1 is 1.45 bits per heavy atom. The second-order valence-electron chi connectivity index (χ2n) is 5.99. The number of hydrogen-bond acceptors (Lipinski definition) is 6. The van der Waals surface area contributed by atoms with Crippen molar-refractivity contribution < 1.29 is 14.5 Å². The number of carbonyl (C=O) groups excluding carboxylic acids is 1. The molecule has 0 unspecified atom stereocenters. The summed E-state index contributed by atoms with van der Waals surface area (Å²) < 4.78 is 5.29. The fourth-order valence-corrected chi connectivity index (χ4v) is 2.26. The lowest BCUT2D eigenvalue weighted by atomic mass is 10.1. The Bertz CT molecular complexity index is 479. The third kappa shape index (κ3) is 5.51. The topological polar surface area (TPSA) is 109 Å². The zero-order valence-corrected chi connectivity index (χ0v) is 13.6. The van der Waals surface area contributed by atoms with Crippen molar-refractivity contribution in [2.75, 3.05) is 13.1 Å². The normalized spacial score (nSPS) is 17.5. The molecule has 1 rings (SSSR count). The van der Waals surface area contributed by atoms with Crippen LogP contribution in [-0.2, 0) is 4.74 Å². The Balaban J connectivity index is 2.54. The average molecular weight is 333 g/mol. The molecule has 0 spiro atoms. The summed E-state index contributed by atoms with van der Waals surface area (Å²) in [6, 6.07) is -0.0823. The molecule has 1 aliphatic heterocycles. The zero-order chi connectivity index (χ0) is 16.9. The molecule has 1 heterocycles. The zero-order valence-electron chi connectivity index (χ0n) is 12.9. The first kappa shape index (κ1) is 18.2. The van der Waals surface area contributed by atoms with E-state index in [1.165, 1.54) is 0 Å². The van der Waals surface area contributed by atoms with E-state index in [0.29, 0.717) is 32.1 Å². The molecular weight excluding hydrogens is 312 g/mol. The van der Waals surface area contributed by atoms with Crippen LogP contribution >= 0.6 is 11.6 Å². The molecule has 1 aliphatic rings. The summed E-state index contributed by atoms with van der Waals surface area (Å²) in [6.07, 6.45) is 1.43. The van der Waals surface area contributed by atoms with Crippen molar-refractivity contribution in [3.05, 3.63) is 21.0 Å². The third-order valence-corrected chi connectivity index (χ3v) is 3.34. The summed E-state index contributed by atoms with van der Waals surface area (Å²) in [5, 5.41) is 20.4. The van der Waals surface area contributed by atoms with Crippen LogP contribution in [0.15, 0.2) is 10.9 Å². The van der Waals surface area contributed by atoms with Crippen LogP contribution in [0.5, 0.6) is 0 Å². The highest BCUT2D eigenvalue weighted by atomic mass is 35.5. The Hall–Kier alpha value is -1.83. The lowest BCUT2D eigenvalue weighted by Crippen LogP contribution is -2.46. The molecule has 0 atom stereocenters. The molecule has 1 fully saturated rings. The summed E-state index contributed by atoms with van der Waals surface area (Å²) >= 11 is 5.83. The van der Waals surface area contributed by atoms with Crippen molar-refractivity contribution in [1.82, 2.24) is 10.2 Å². The second kappa shape index (κ2) is 7.44. The number of carbonyl (C=O) groups is 1. The number of nitro groups is 1. The van der Waals surface area contributed by atoms with Crippen molar-refractivity contribution in [3.8, 4) is 0 Å². The van der Waals surface area contributed by atoms with Gasteiger partial charge in [-0.2, -0.15) is 0 Å². The number of ether oxygens (including phenoxy) is 1. The van der Waals surface area contributed by atoms with Gasteiger partial charge in [-0.25, -0.2) is 4.79 Å². The maximum Gasteiger partial charge on any atom is 0.410 e. The molecule has 1 amide bonds. The largest absolute Gasteiger partial charge is 0.444 e. The SMILES string of the molecule is CC(C)(C)OC(=O)N1CCC(N/C(Cl)=C(\C=N)[N+](=O)[O-])CC1. The van der Waals surface area contributed by atoms with Crippen molar-refractivity contribution in [2.45, 2.75) is 45.3 Å². The molecule has 0 saturated carbocycles. The van der Waals surface area contributed by atoms with E-state index in [1.54, 1.807) is 25.7 Å². The minimum absolute atomic E-state index is 0.0823. The lowest BCUT2D eigenvalue weighted by molar-refractivity contribution is -0.415. The number of allylic oxidation sites excluding steroid dienone is 1. The Kier molecular flexibility index (Phi) is 6.16. The van der Waals surface area contributed by atoms with Crippen LogP contribution in [-0.4, -0.2) is 46.9 Å². The van der Waals surface area contributed by atoms with Gasteiger partial charge in [0.05, 0.1) is 11.1 Å². The first-order valence-corrected chi connectivity index (χ1v) is 7.31. The van der Waals surface area contributed by atoms with Gasteiger partial charge in [-0.3, -0.25) is 10.1 Å². The van der Waals surface area contributed by atoms with Crippen LogP contribution < -0.4 is 5.32 Å². The predicted octanol–water partition coefficient (Wildman–Crippen LogP) is 2.31. The fourth-order valence-electron chi connectivity index (χ4n) is 1.98. The van der Waals surface area contributed by atoms with Gasteiger partial charge >= 0.3 is 11.8 Å². The van der Waals surface area contributed by atoms with Gasteiger partial charge in [-0.15, -0.1) is 0 Å². The summed E-state index contributed by atoms with van der Waals surface area (Å²) in [5.74, 6) is 0. The van der Waals surface area contributed by atoms with Gasteiger partial charge in [-0.05, 0) is 33.6 Å². The van der Waals surface area contributed by atoms with E-state index < -0.39 is 16.2 Å². The fraction of sp³-hybridized carbons (Fsp3) is 0.692. The standard InChI is InChI=1S/C13H21ClN4O4/c1-13(2,3)22-12(19)17-6-4-9(5-7-17)16-11(14)10(8-15)18(20)21/h8-9,15-16H,4-7H2,1-3H3/b11-10+,15-8?. The van der Waals surface area contributed by atoms with Crippen LogP contribution in [0.3, 0.4) is 0 Å². The van der Waals surface area contributed by atoms with Gasteiger partial charge in [0.2, 0.25) is 0 Å². The molecule has 9 heteroatoms. The van der Waals surface area contributed by atoms with Gasteiger partial charge < -0.3 is 20.4 Å². The van der Waals surface area contributed by atoms with Gasteiger partial charge in [0.1, 0.15) is 5.60 Å². The number of piperidine rings is 1. The Morgan fingerprint density at radius 3 is 2.41 bits per heavy atom. The van der Waals surface area contributed by atoms with E-state index >= 15 is 0 Å². The number of rotatable bonds is 4. The predicted molar refractivity (Wildman–Crippen MR) is 82.6 cm³/mol. The van der Waals surface area contributed by atoms with Gasteiger partial charge in [0, 0.05) is 19.1 Å². The quantitative estimate of drug-likeness (QED) is 0.355. The number of likely N-dealkylation sites (tertiary alicyclic amines) is 1. The minimum atomic E-state index is -0.710. The molecule has 0 aromatic rings. The van der Waals surface area contributed by atoms with Crippen LogP contribution in [0.4, 0.5) is 4.79 Å². The van der Waals surface area contributed by atoms with Crippen LogP contribution in [0.25, 0.3) is 0 Å². The number of amides is 1. The molecular formula is C13H21ClN4O4. The lowest BCUT2D eigenvalue weighted by Gasteiger charge is -2.33. The van der Waals surface area contributed by atoms with Crippen molar-refractivity contribution in [2.24, 2.45) is 0 Å². The summed E-state index contributed by atoms with van der Waals surface area (Å²) in [5.41, 5.74) is -1.01. The maximum absolute atomic E-state index is 11.9. The summed E-state index contributed by atoms with van der Waals surface area (Å²) in [4.78, 5) is 23.5. The van der Waals surface area contributed by atoms with Crippen molar-refractivity contribution >= 4 is 23.9 Å². The average Bonchev–Trinajstić information content (AvgIpc) is 2.37. The third-order valence-electron chi connectivity index (χ3n) is 3.04. The van der Waals surface area contributed by atoms with Crippen molar-refractivity contribution in [1.29, 1.82) is 5.41 Å². The van der Waals surface area contributed by atoms with E-state index in [0.717, 1.165) is 0 Å². The Morgan fingerprint density at radius 2 is 2.00 bits per heavy atom. The number of nitrogens with zero attached hydrogens (tertiary/aromatic N) is 2.